The van der Waals surface area contributed by atoms with E-state index >= 15 is 0 Å². The number of aliphatic hydroxyl groups excluding tert-OH is 1. The summed E-state index contributed by atoms with van der Waals surface area (Å²) in [7, 11) is 0. The molecule has 0 bridgehead atoms. The lowest BCUT2D eigenvalue weighted by Gasteiger charge is -2.32. The predicted octanol–water partition coefficient (Wildman–Crippen LogP) is 1.38. The quantitative estimate of drug-likeness (QED) is 0.790. The Kier molecular flexibility index (Phi) is 5.66. The van der Waals surface area contributed by atoms with E-state index in [2.05, 4.69) is 0 Å². The molecule has 0 radical (unpaired) electrons. The smallest absolute Gasteiger partial charge is 0.444 e. The number of ether oxygens (including phenoxy) is 1. The van der Waals surface area contributed by atoms with Crippen LogP contribution in [-0.2, 0) is 9.53 Å². The maximum absolute atomic E-state index is 12.5. The molecule has 0 aromatic carbocycles. The summed E-state index contributed by atoms with van der Waals surface area (Å²) < 4.78 is 42.7. The van der Waals surface area contributed by atoms with Gasteiger partial charge in [0.15, 0.2) is 0 Å². The number of rotatable bonds is 1. The largest absolute Gasteiger partial charge is 0.471 e. The Hall–Kier alpha value is -1.51. The fourth-order valence-corrected chi connectivity index (χ4v) is 2.14. The molecule has 1 fully saturated rings. The van der Waals surface area contributed by atoms with Gasteiger partial charge in [-0.2, -0.15) is 13.2 Å². The van der Waals surface area contributed by atoms with Crippen molar-refractivity contribution in [1.29, 1.82) is 0 Å². The molecule has 1 atom stereocenters. The van der Waals surface area contributed by atoms with Crippen LogP contribution in [0.1, 0.15) is 27.2 Å². The zero-order valence-electron chi connectivity index (χ0n) is 12.8. The van der Waals surface area contributed by atoms with E-state index in [4.69, 9.17) is 4.74 Å². The minimum absolute atomic E-state index is 0.113. The number of amides is 2. The molecule has 128 valence electrons. The van der Waals surface area contributed by atoms with E-state index < -0.39 is 36.4 Å². The number of carbonyl (C=O) groups excluding carboxylic acids is 2. The van der Waals surface area contributed by atoms with Crippen LogP contribution in [0.4, 0.5) is 18.0 Å². The fourth-order valence-electron chi connectivity index (χ4n) is 2.14. The highest BCUT2D eigenvalue weighted by atomic mass is 19.4. The molecule has 0 spiro atoms. The molecule has 0 aliphatic carbocycles. The zero-order chi connectivity index (χ0) is 17.1. The van der Waals surface area contributed by atoms with Crippen LogP contribution in [0, 0.1) is 0 Å². The fraction of sp³-hybridized carbons (Fsp3) is 0.846. The number of hydrogen-bond donors (Lipinski definition) is 1. The number of hydrogen-bond acceptors (Lipinski definition) is 4. The van der Waals surface area contributed by atoms with E-state index in [9.17, 15) is 27.9 Å². The van der Waals surface area contributed by atoms with Crippen molar-refractivity contribution in [3.63, 3.8) is 0 Å². The Labute approximate surface area is 126 Å². The van der Waals surface area contributed by atoms with Crippen molar-refractivity contribution >= 4 is 12.0 Å². The van der Waals surface area contributed by atoms with Crippen LogP contribution in [0.25, 0.3) is 0 Å². The van der Waals surface area contributed by atoms with E-state index in [1.807, 2.05) is 0 Å². The second-order valence-corrected chi connectivity index (χ2v) is 6.11. The third kappa shape index (κ3) is 5.04. The van der Waals surface area contributed by atoms with Gasteiger partial charge in [-0.1, -0.05) is 0 Å². The van der Waals surface area contributed by atoms with E-state index in [0.717, 1.165) is 0 Å². The van der Waals surface area contributed by atoms with Crippen molar-refractivity contribution in [3.05, 3.63) is 0 Å². The molecule has 0 saturated carbocycles. The van der Waals surface area contributed by atoms with Crippen LogP contribution in [-0.4, -0.2) is 71.0 Å². The van der Waals surface area contributed by atoms with E-state index in [-0.39, 0.29) is 26.1 Å². The normalized spacial score (nSPS) is 20.6. The van der Waals surface area contributed by atoms with Gasteiger partial charge < -0.3 is 19.6 Å². The van der Waals surface area contributed by atoms with Crippen LogP contribution in [0.2, 0.25) is 0 Å². The zero-order valence-corrected chi connectivity index (χ0v) is 12.8. The minimum Gasteiger partial charge on any atom is -0.444 e. The molecule has 0 aromatic rings. The molecule has 22 heavy (non-hydrogen) atoms. The highest BCUT2D eigenvalue weighted by Gasteiger charge is 2.44. The maximum atomic E-state index is 12.5. The van der Waals surface area contributed by atoms with Crippen LogP contribution in [0.15, 0.2) is 0 Å². The van der Waals surface area contributed by atoms with Crippen molar-refractivity contribution in [2.24, 2.45) is 0 Å². The topological polar surface area (TPSA) is 70.1 Å². The van der Waals surface area contributed by atoms with Gasteiger partial charge in [0.2, 0.25) is 0 Å². The second-order valence-electron chi connectivity index (χ2n) is 6.11. The highest BCUT2D eigenvalue weighted by molar-refractivity contribution is 5.82. The summed E-state index contributed by atoms with van der Waals surface area (Å²) in [5, 5.41) is 9.37. The summed E-state index contributed by atoms with van der Waals surface area (Å²) in [6, 6.07) is -0.927. The Morgan fingerprint density at radius 3 is 2.27 bits per heavy atom. The lowest BCUT2D eigenvalue weighted by molar-refractivity contribution is -0.185. The monoisotopic (exact) mass is 326 g/mol. The van der Waals surface area contributed by atoms with Crippen molar-refractivity contribution in [1.82, 2.24) is 9.80 Å². The first-order valence-electron chi connectivity index (χ1n) is 6.92. The summed E-state index contributed by atoms with van der Waals surface area (Å²) in [5.41, 5.74) is -0.759. The Morgan fingerprint density at radius 1 is 1.23 bits per heavy atom. The number of aliphatic hydroxyl groups is 1. The Bertz CT molecular complexity index is 420. The molecular formula is C13H21F3N2O4. The lowest BCUT2D eigenvalue weighted by Crippen LogP contribution is -2.50. The summed E-state index contributed by atoms with van der Waals surface area (Å²) in [6.07, 6.45) is -5.51. The minimum atomic E-state index is -4.97. The third-order valence-corrected chi connectivity index (χ3v) is 3.07. The van der Waals surface area contributed by atoms with Gasteiger partial charge in [0.05, 0.1) is 12.6 Å². The van der Waals surface area contributed by atoms with Gasteiger partial charge in [0, 0.05) is 19.6 Å². The highest BCUT2D eigenvalue weighted by Crippen LogP contribution is 2.22. The first-order valence-corrected chi connectivity index (χ1v) is 6.92. The van der Waals surface area contributed by atoms with E-state index in [1.54, 1.807) is 20.8 Å². The van der Waals surface area contributed by atoms with E-state index in [1.165, 1.54) is 4.90 Å². The van der Waals surface area contributed by atoms with Crippen LogP contribution in [0.5, 0.6) is 0 Å². The number of alkyl halides is 3. The lowest BCUT2D eigenvalue weighted by atomic mass is 10.2. The van der Waals surface area contributed by atoms with Gasteiger partial charge in [0.1, 0.15) is 5.60 Å². The maximum Gasteiger partial charge on any atom is 0.471 e. The average molecular weight is 326 g/mol. The van der Waals surface area contributed by atoms with E-state index in [0.29, 0.717) is 4.90 Å². The standard InChI is InChI=1S/C13H21F3N2O4/c1-12(2,3)22-11(21)18-6-4-5-17(7-9(18)8-19)10(20)13(14,15)16/h9,19H,4-8H2,1-3H3. The first kappa shape index (κ1) is 18.5. The SMILES string of the molecule is CC(C)(C)OC(=O)N1CCCN(C(=O)C(F)(F)F)CC1CO. The molecular weight excluding hydrogens is 305 g/mol. The summed E-state index contributed by atoms with van der Waals surface area (Å²) in [6.45, 7) is 4.04. The molecule has 9 heteroatoms. The van der Waals surface area contributed by atoms with Gasteiger partial charge in [-0.25, -0.2) is 4.79 Å². The van der Waals surface area contributed by atoms with Gasteiger partial charge in [-0.3, -0.25) is 4.79 Å². The average Bonchev–Trinajstić information content (AvgIpc) is 2.56. The molecule has 1 saturated heterocycles. The van der Waals surface area contributed by atoms with Gasteiger partial charge in [-0.05, 0) is 27.2 Å². The van der Waals surface area contributed by atoms with Crippen molar-refractivity contribution in [2.45, 2.75) is 45.0 Å². The van der Waals surface area contributed by atoms with Gasteiger partial charge in [0.25, 0.3) is 0 Å². The molecule has 2 amide bonds. The molecule has 1 aliphatic rings. The van der Waals surface area contributed by atoms with Crippen molar-refractivity contribution in [2.75, 3.05) is 26.2 Å². The Balaban J connectivity index is 2.85. The molecule has 1 heterocycles. The molecule has 1 rings (SSSR count). The first-order chi connectivity index (χ1) is 9.95. The third-order valence-electron chi connectivity index (χ3n) is 3.07. The second kappa shape index (κ2) is 6.72. The summed E-state index contributed by atoms with van der Waals surface area (Å²) in [5.74, 6) is -1.96. The predicted molar refractivity (Wildman–Crippen MR) is 71.1 cm³/mol. The van der Waals surface area contributed by atoms with Crippen LogP contribution in [0.3, 0.4) is 0 Å². The number of nitrogens with zero attached hydrogens (tertiary/aromatic N) is 2. The van der Waals surface area contributed by atoms with Gasteiger partial charge in [-0.15, -0.1) is 0 Å². The van der Waals surface area contributed by atoms with Crippen molar-refractivity contribution in [3.8, 4) is 0 Å². The van der Waals surface area contributed by atoms with Crippen molar-refractivity contribution < 1.29 is 32.6 Å². The number of carbonyl (C=O) groups is 2. The summed E-state index contributed by atoms with van der Waals surface area (Å²) in [4.78, 5) is 25.2. The van der Waals surface area contributed by atoms with Gasteiger partial charge >= 0.3 is 18.2 Å². The number of halogens is 3. The molecule has 1 N–H and O–H groups in total. The Morgan fingerprint density at radius 2 is 1.82 bits per heavy atom. The van der Waals surface area contributed by atoms with Crippen LogP contribution >= 0.6 is 0 Å². The molecule has 1 unspecified atom stereocenters. The molecule has 6 nitrogen and oxygen atoms in total. The molecule has 1 aliphatic heterocycles. The summed E-state index contributed by atoms with van der Waals surface area (Å²) >= 11 is 0. The molecule has 0 aromatic heterocycles. The van der Waals surface area contributed by atoms with Crippen LogP contribution < -0.4 is 0 Å².